The number of hydrogen-bond donors (Lipinski definition) is 3. The van der Waals surface area contributed by atoms with Crippen LogP contribution in [0.15, 0.2) is 42.7 Å². The lowest BCUT2D eigenvalue weighted by atomic mass is 10.2. The number of nitrogens with zero attached hydrogens (tertiary/aromatic N) is 4. The molecule has 9 nitrogen and oxygen atoms in total. The standard InChI is InChI=1S/C18H19N7O2/c1-11(6-8-26)25(20)18-22-10-14(16(19)27)17(24-18)23-13-4-5-15-12(9-13)3-2-7-21-15/h2-5,7-11H,6,20H2,1H3,(H2,19,27)(H,22,23,24). The zero-order chi connectivity index (χ0) is 19.4. The number of carbonyl (C=O) groups is 2. The highest BCUT2D eigenvalue weighted by Crippen LogP contribution is 2.23. The van der Waals surface area contributed by atoms with E-state index in [0.29, 0.717) is 5.69 Å². The van der Waals surface area contributed by atoms with Crippen molar-refractivity contribution in [2.24, 2.45) is 11.6 Å². The van der Waals surface area contributed by atoms with Crippen LogP contribution in [-0.4, -0.2) is 33.2 Å². The van der Waals surface area contributed by atoms with Crippen LogP contribution in [0.2, 0.25) is 0 Å². The first-order valence-electron chi connectivity index (χ1n) is 8.26. The smallest absolute Gasteiger partial charge is 0.254 e. The number of rotatable bonds is 7. The van der Waals surface area contributed by atoms with E-state index in [2.05, 4.69) is 20.3 Å². The fourth-order valence-corrected chi connectivity index (χ4v) is 2.51. The number of primary amides is 1. The first kappa shape index (κ1) is 18.2. The van der Waals surface area contributed by atoms with Crippen LogP contribution in [-0.2, 0) is 4.79 Å². The van der Waals surface area contributed by atoms with Gasteiger partial charge in [-0.05, 0) is 31.2 Å². The summed E-state index contributed by atoms with van der Waals surface area (Å²) in [6.45, 7) is 1.77. The molecule has 2 heterocycles. The number of benzene rings is 1. The largest absolute Gasteiger partial charge is 0.365 e. The Kier molecular flexibility index (Phi) is 5.23. The molecular weight excluding hydrogens is 346 g/mol. The number of nitrogens with one attached hydrogen (secondary N) is 1. The molecule has 0 radical (unpaired) electrons. The SMILES string of the molecule is CC(CC=O)N(N)c1ncc(C(N)=O)c(Nc2ccc3ncccc3c2)n1. The van der Waals surface area contributed by atoms with Gasteiger partial charge in [0.15, 0.2) is 0 Å². The average molecular weight is 365 g/mol. The van der Waals surface area contributed by atoms with Crippen LogP contribution < -0.4 is 21.9 Å². The second-order valence-electron chi connectivity index (χ2n) is 5.99. The molecule has 0 aliphatic rings. The first-order valence-corrected chi connectivity index (χ1v) is 8.26. The maximum absolute atomic E-state index is 11.7. The van der Waals surface area contributed by atoms with E-state index in [9.17, 15) is 9.59 Å². The molecule has 3 aromatic rings. The Morgan fingerprint density at radius 3 is 2.89 bits per heavy atom. The average Bonchev–Trinajstić information content (AvgIpc) is 2.67. The summed E-state index contributed by atoms with van der Waals surface area (Å²) in [6, 6.07) is 9.01. The molecule has 1 aromatic carbocycles. The lowest BCUT2D eigenvalue weighted by Gasteiger charge is -2.23. The summed E-state index contributed by atoms with van der Waals surface area (Å²) in [7, 11) is 0. The van der Waals surface area contributed by atoms with E-state index >= 15 is 0 Å². The number of carbonyl (C=O) groups excluding carboxylic acids is 2. The Labute approximate surface area is 155 Å². The van der Waals surface area contributed by atoms with E-state index in [-0.39, 0.29) is 29.8 Å². The summed E-state index contributed by atoms with van der Waals surface area (Å²) in [5.74, 6) is 5.71. The van der Waals surface area contributed by atoms with Crippen molar-refractivity contribution in [2.45, 2.75) is 19.4 Å². The zero-order valence-electron chi connectivity index (χ0n) is 14.7. The Bertz CT molecular complexity index is 992. The molecule has 0 aliphatic carbocycles. The predicted molar refractivity (Wildman–Crippen MR) is 102 cm³/mol. The molecule has 3 rings (SSSR count). The third-order valence-electron chi connectivity index (χ3n) is 4.05. The molecule has 2 aromatic heterocycles. The fraction of sp³-hybridized carbons (Fsp3) is 0.167. The van der Waals surface area contributed by atoms with Crippen molar-refractivity contribution in [1.82, 2.24) is 15.0 Å². The lowest BCUT2D eigenvalue weighted by molar-refractivity contribution is -0.108. The van der Waals surface area contributed by atoms with Crippen molar-refractivity contribution < 1.29 is 9.59 Å². The van der Waals surface area contributed by atoms with Crippen molar-refractivity contribution in [2.75, 3.05) is 10.3 Å². The van der Waals surface area contributed by atoms with E-state index in [1.165, 1.54) is 11.2 Å². The van der Waals surface area contributed by atoms with Crippen LogP contribution in [0.1, 0.15) is 23.7 Å². The molecule has 1 amide bonds. The van der Waals surface area contributed by atoms with E-state index in [1.807, 2.05) is 30.3 Å². The molecule has 0 fully saturated rings. The quantitative estimate of drug-likeness (QED) is 0.325. The monoisotopic (exact) mass is 365 g/mol. The summed E-state index contributed by atoms with van der Waals surface area (Å²) in [4.78, 5) is 35.1. The van der Waals surface area contributed by atoms with Gasteiger partial charge in [-0.15, -0.1) is 0 Å². The molecule has 1 atom stereocenters. The van der Waals surface area contributed by atoms with Gasteiger partial charge in [-0.3, -0.25) is 14.8 Å². The Balaban J connectivity index is 1.96. The summed E-state index contributed by atoms with van der Waals surface area (Å²) < 4.78 is 0. The topological polar surface area (TPSA) is 140 Å². The van der Waals surface area contributed by atoms with Gasteiger partial charge in [-0.1, -0.05) is 6.07 Å². The predicted octanol–water partition coefficient (Wildman–Crippen LogP) is 1.52. The Morgan fingerprint density at radius 1 is 1.33 bits per heavy atom. The number of amides is 1. The lowest BCUT2D eigenvalue weighted by Crippen LogP contribution is -2.41. The fourth-order valence-electron chi connectivity index (χ4n) is 2.51. The van der Waals surface area contributed by atoms with E-state index in [4.69, 9.17) is 11.6 Å². The molecule has 1 unspecified atom stereocenters. The van der Waals surface area contributed by atoms with Gasteiger partial charge in [-0.2, -0.15) is 4.98 Å². The Hall–Kier alpha value is -3.59. The zero-order valence-corrected chi connectivity index (χ0v) is 14.7. The summed E-state index contributed by atoms with van der Waals surface area (Å²) in [6.07, 6.45) is 4.01. The molecule has 138 valence electrons. The van der Waals surface area contributed by atoms with Crippen molar-refractivity contribution in [3.63, 3.8) is 0 Å². The number of aromatic nitrogens is 3. The van der Waals surface area contributed by atoms with Crippen molar-refractivity contribution in [3.05, 3.63) is 48.3 Å². The molecular formula is C18H19N7O2. The second kappa shape index (κ2) is 7.75. The highest BCUT2D eigenvalue weighted by atomic mass is 16.1. The van der Waals surface area contributed by atoms with Gasteiger partial charge >= 0.3 is 0 Å². The highest BCUT2D eigenvalue weighted by molar-refractivity contribution is 5.98. The number of fused-ring (bicyclic) bond motifs is 1. The molecule has 0 bridgehead atoms. The molecule has 0 spiro atoms. The number of aldehydes is 1. The van der Waals surface area contributed by atoms with E-state index in [1.54, 1.807) is 13.1 Å². The third-order valence-corrected chi connectivity index (χ3v) is 4.05. The van der Waals surface area contributed by atoms with Crippen LogP contribution in [0, 0.1) is 0 Å². The Morgan fingerprint density at radius 2 is 2.15 bits per heavy atom. The van der Waals surface area contributed by atoms with Crippen LogP contribution in [0.4, 0.5) is 17.5 Å². The van der Waals surface area contributed by atoms with Gasteiger partial charge in [0, 0.05) is 29.9 Å². The van der Waals surface area contributed by atoms with Gasteiger partial charge in [-0.25, -0.2) is 10.8 Å². The van der Waals surface area contributed by atoms with Crippen LogP contribution in [0.25, 0.3) is 10.9 Å². The second-order valence-corrected chi connectivity index (χ2v) is 5.99. The number of pyridine rings is 1. The molecule has 5 N–H and O–H groups in total. The number of anilines is 3. The van der Waals surface area contributed by atoms with Gasteiger partial charge in [0.1, 0.15) is 17.7 Å². The number of hydrazine groups is 1. The molecule has 27 heavy (non-hydrogen) atoms. The minimum Gasteiger partial charge on any atom is -0.365 e. The normalized spacial score (nSPS) is 11.8. The van der Waals surface area contributed by atoms with Crippen LogP contribution in [0.3, 0.4) is 0 Å². The minimum absolute atomic E-state index is 0.126. The number of nitrogens with two attached hydrogens (primary N) is 2. The van der Waals surface area contributed by atoms with Crippen molar-refractivity contribution in [3.8, 4) is 0 Å². The maximum atomic E-state index is 11.7. The van der Waals surface area contributed by atoms with Crippen LogP contribution in [0.5, 0.6) is 0 Å². The molecule has 9 heteroatoms. The van der Waals surface area contributed by atoms with Crippen molar-refractivity contribution in [1.29, 1.82) is 0 Å². The third kappa shape index (κ3) is 3.98. The van der Waals surface area contributed by atoms with Crippen molar-refractivity contribution >= 4 is 40.5 Å². The highest BCUT2D eigenvalue weighted by Gasteiger charge is 2.18. The number of hydrogen-bond acceptors (Lipinski definition) is 8. The van der Waals surface area contributed by atoms with Gasteiger partial charge in [0.25, 0.3) is 5.91 Å². The van der Waals surface area contributed by atoms with Gasteiger partial charge in [0.2, 0.25) is 5.95 Å². The summed E-state index contributed by atoms with van der Waals surface area (Å²) in [5.41, 5.74) is 7.10. The molecule has 0 saturated carbocycles. The maximum Gasteiger partial charge on any atom is 0.254 e. The summed E-state index contributed by atoms with van der Waals surface area (Å²) >= 11 is 0. The molecule has 0 aliphatic heterocycles. The van der Waals surface area contributed by atoms with Crippen LogP contribution >= 0.6 is 0 Å². The molecule has 0 saturated heterocycles. The van der Waals surface area contributed by atoms with Gasteiger partial charge < -0.3 is 15.8 Å². The first-order chi connectivity index (χ1) is 13.0. The minimum atomic E-state index is -0.670. The van der Waals surface area contributed by atoms with E-state index < -0.39 is 5.91 Å². The van der Waals surface area contributed by atoms with E-state index in [0.717, 1.165) is 17.2 Å². The van der Waals surface area contributed by atoms with Gasteiger partial charge in [0.05, 0.1) is 11.6 Å². The summed E-state index contributed by atoms with van der Waals surface area (Å²) in [5, 5.41) is 5.28.